The van der Waals surface area contributed by atoms with E-state index in [-0.39, 0.29) is 23.4 Å². The third kappa shape index (κ3) is 3.90. The van der Waals surface area contributed by atoms with Crippen LogP contribution in [0.1, 0.15) is 29.8 Å². The number of hydrogen-bond donors (Lipinski definition) is 3. The summed E-state index contributed by atoms with van der Waals surface area (Å²) in [7, 11) is 0. The van der Waals surface area contributed by atoms with Crippen LogP contribution in [-0.4, -0.2) is 34.7 Å². The molecule has 7 heteroatoms. The Labute approximate surface area is 129 Å². The van der Waals surface area contributed by atoms with Crippen LogP contribution >= 0.6 is 22.7 Å². The van der Waals surface area contributed by atoms with E-state index in [0.717, 1.165) is 16.2 Å². The number of aromatic carboxylic acids is 1. The minimum atomic E-state index is -1.04. The van der Waals surface area contributed by atoms with E-state index >= 15 is 0 Å². The zero-order chi connectivity index (χ0) is 15.4. The summed E-state index contributed by atoms with van der Waals surface area (Å²) in [5.74, 6) is -1.40. The fraction of sp³-hybridized carbons (Fsp3) is 0.286. The van der Waals surface area contributed by atoms with Crippen LogP contribution < -0.4 is 5.32 Å². The average molecular weight is 325 g/mol. The Balaban J connectivity index is 2.07. The summed E-state index contributed by atoms with van der Waals surface area (Å²) < 4.78 is 0. The van der Waals surface area contributed by atoms with Gasteiger partial charge >= 0.3 is 5.97 Å². The van der Waals surface area contributed by atoms with Crippen LogP contribution in [0.15, 0.2) is 23.6 Å². The molecular formula is C14H15NO4S2. The molecule has 0 saturated heterocycles. The van der Waals surface area contributed by atoms with Crippen LogP contribution in [0.2, 0.25) is 0 Å². The molecule has 21 heavy (non-hydrogen) atoms. The smallest absolute Gasteiger partial charge is 0.345 e. The van der Waals surface area contributed by atoms with Crippen molar-refractivity contribution in [3.8, 4) is 0 Å². The van der Waals surface area contributed by atoms with Crippen molar-refractivity contribution >= 4 is 34.6 Å². The van der Waals surface area contributed by atoms with Gasteiger partial charge in [0.1, 0.15) is 4.88 Å². The highest BCUT2D eigenvalue weighted by atomic mass is 32.1. The number of aryl methyl sites for hydroxylation is 1. The quantitative estimate of drug-likeness (QED) is 0.759. The van der Waals surface area contributed by atoms with E-state index < -0.39 is 5.97 Å². The van der Waals surface area contributed by atoms with E-state index in [4.69, 9.17) is 5.11 Å². The Morgan fingerprint density at radius 3 is 2.71 bits per heavy atom. The minimum absolute atomic E-state index is 0.136. The van der Waals surface area contributed by atoms with Gasteiger partial charge in [-0.15, -0.1) is 22.7 Å². The van der Waals surface area contributed by atoms with Crippen LogP contribution in [0.4, 0.5) is 0 Å². The van der Waals surface area contributed by atoms with Crippen molar-refractivity contribution in [2.24, 2.45) is 0 Å². The summed E-state index contributed by atoms with van der Waals surface area (Å²) in [6, 6.07) is 4.84. The van der Waals surface area contributed by atoms with Crippen molar-refractivity contribution in [2.75, 3.05) is 6.61 Å². The number of thiophene rings is 2. The fourth-order valence-corrected chi connectivity index (χ4v) is 3.55. The lowest BCUT2D eigenvalue weighted by molar-refractivity contribution is 0.0702. The van der Waals surface area contributed by atoms with Crippen molar-refractivity contribution in [1.29, 1.82) is 0 Å². The third-order valence-electron chi connectivity index (χ3n) is 2.96. The normalized spacial score (nSPS) is 12.1. The van der Waals surface area contributed by atoms with Gasteiger partial charge in [-0.25, -0.2) is 4.79 Å². The van der Waals surface area contributed by atoms with E-state index in [1.807, 2.05) is 17.5 Å². The predicted molar refractivity (Wildman–Crippen MR) is 82.4 cm³/mol. The van der Waals surface area contributed by atoms with Gasteiger partial charge in [0.2, 0.25) is 0 Å². The van der Waals surface area contributed by atoms with Crippen LogP contribution in [-0.2, 0) is 6.42 Å². The Morgan fingerprint density at radius 1 is 1.43 bits per heavy atom. The summed E-state index contributed by atoms with van der Waals surface area (Å²) in [6.45, 7) is 1.54. The number of carboxylic acids is 1. The Hall–Kier alpha value is -1.70. The first kappa shape index (κ1) is 15.7. The number of nitrogens with one attached hydrogen (secondary N) is 1. The maximum atomic E-state index is 12.2. The van der Waals surface area contributed by atoms with Crippen molar-refractivity contribution in [3.05, 3.63) is 43.8 Å². The van der Waals surface area contributed by atoms with Gasteiger partial charge in [0.05, 0.1) is 18.2 Å². The molecule has 0 radical (unpaired) electrons. The summed E-state index contributed by atoms with van der Waals surface area (Å²) in [4.78, 5) is 25.0. The van der Waals surface area contributed by atoms with Crippen LogP contribution in [0.3, 0.4) is 0 Å². The number of aliphatic hydroxyl groups is 1. The molecule has 3 N–H and O–H groups in total. The molecule has 0 fully saturated rings. The van der Waals surface area contributed by atoms with Crippen LogP contribution in [0, 0.1) is 6.92 Å². The van der Waals surface area contributed by atoms with E-state index in [9.17, 15) is 14.7 Å². The average Bonchev–Trinajstić information content (AvgIpc) is 3.07. The molecule has 2 aromatic rings. The number of carbonyl (C=O) groups excluding carboxylic acids is 1. The molecule has 2 rings (SSSR count). The summed E-state index contributed by atoms with van der Waals surface area (Å²) in [5.41, 5.74) is 0.349. The molecular weight excluding hydrogens is 310 g/mol. The summed E-state index contributed by atoms with van der Waals surface area (Å²) >= 11 is 2.63. The number of amides is 1. The van der Waals surface area contributed by atoms with E-state index in [0.29, 0.717) is 16.9 Å². The first-order valence-electron chi connectivity index (χ1n) is 6.29. The molecule has 0 saturated carbocycles. The van der Waals surface area contributed by atoms with Gasteiger partial charge in [0.25, 0.3) is 5.91 Å². The number of carbonyl (C=O) groups is 2. The second kappa shape index (κ2) is 6.84. The molecule has 1 atom stereocenters. The Bertz CT molecular complexity index is 633. The molecule has 0 bridgehead atoms. The molecule has 1 unspecified atom stereocenters. The number of rotatable bonds is 6. The molecule has 2 aromatic heterocycles. The molecule has 112 valence electrons. The van der Waals surface area contributed by atoms with E-state index in [1.165, 1.54) is 6.07 Å². The second-order valence-electron chi connectivity index (χ2n) is 4.52. The molecule has 0 aromatic carbocycles. The minimum Gasteiger partial charge on any atom is -0.477 e. The lowest BCUT2D eigenvalue weighted by atomic mass is 10.1. The largest absolute Gasteiger partial charge is 0.477 e. The standard InChI is InChI=1S/C14H15NO4S2/c1-8-11(6-12(21-8)14(18)19)13(17)15-9(7-16)5-10-3-2-4-20-10/h2-4,6,9,16H,5,7H2,1H3,(H,15,17)(H,18,19). The maximum absolute atomic E-state index is 12.2. The van der Waals surface area contributed by atoms with Gasteiger partial charge < -0.3 is 15.5 Å². The highest BCUT2D eigenvalue weighted by molar-refractivity contribution is 7.14. The summed E-state index contributed by atoms with van der Waals surface area (Å²) in [5, 5.41) is 23.0. The lowest BCUT2D eigenvalue weighted by Gasteiger charge is -2.15. The predicted octanol–water partition coefficient (Wildman–Crippen LogP) is 2.15. The van der Waals surface area contributed by atoms with E-state index in [1.54, 1.807) is 18.3 Å². The molecule has 2 heterocycles. The third-order valence-corrected chi connectivity index (χ3v) is 4.89. The highest BCUT2D eigenvalue weighted by Crippen LogP contribution is 2.22. The first-order valence-corrected chi connectivity index (χ1v) is 7.98. The van der Waals surface area contributed by atoms with Gasteiger partial charge in [-0.05, 0) is 24.4 Å². The molecule has 0 spiro atoms. The van der Waals surface area contributed by atoms with Crippen molar-refractivity contribution in [3.63, 3.8) is 0 Å². The maximum Gasteiger partial charge on any atom is 0.345 e. The second-order valence-corrected chi connectivity index (χ2v) is 6.81. The van der Waals surface area contributed by atoms with Crippen LogP contribution in [0.25, 0.3) is 0 Å². The Kier molecular flexibility index (Phi) is 5.11. The zero-order valence-electron chi connectivity index (χ0n) is 11.3. The fourth-order valence-electron chi connectivity index (χ4n) is 1.91. The van der Waals surface area contributed by atoms with Crippen molar-refractivity contribution in [2.45, 2.75) is 19.4 Å². The van der Waals surface area contributed by atoms with Crippen molar-refractivity contribution < 1.29 is 19.8 Å². The number of carboxylic acid groups (broad SMARTS) is 1. The number of hydrogen-bond acceptors (Lipinski definition) is 5. The zero-order valence-corrected chi connectivity index (χ0v) is 13.0. The topological polar surface area (TPSA) is 86.6 Å². The molecule has 0 aliphatic rings. The lowest BCUT2D eigenvalue weighted by Crippen LogP contribution is -2.39. The molecule has 0 aliphatic heterocycles. The monoisotopic (exact) mass is 325 g/mol. The first-order chi connectivity index (χ1) is 10.0. The van der Waals surface area contributed by atoms with E-state index in [2.05, 4.69) is 5.32 Å². The van der Waals surface area contributed by atoms with Crippen molar-refractivity contribution in [1.82, 2.24) is 5.32 Å². The Morgan fingerprint density at radius 2 is 2.19 bits per heavy atom. The van der Waals surface area contributed by atoms with Gasteiger partial charge in [0, 0.05) is 16.2 Å². The van der Waals surface area contributed by atoms with Gasteiger partial charge in [-0.3, -0.25) is 4.79 Å². The molecule has 0 aliphatic carbocycles. The van der Waals surface area contributed by atoms with Gasteiger partial charge in [-0.2, -0.15) is 0 Å². The molecule has 5 nitrogen and oxygen atoms in total. The SMILES string of the molecule is Cc1sc(C(=O)O)cc1C(=O)NC(CO)Cc1cccs1. The van der Waals surface area contributed by atoms with Gasteiger partial charge in [-0.1, -0.05) is 6.07 Å². The number of aliphatic hydroxyl groups excluding tert-OH is 1. The molecule has 1 amide bonds. The highest BCUT2D eigenvalue weighted by Gasteiger charge is 2.19. The van der Waals surface area contributed by atoms with Crippen LogP contribution in [0.5, 0.6) is 0 Å². The summed E-state index contributed by atoms with van der Waals surface area (Å²) in [6.07, 6.45) is 0.550. The van der Waals surface area contributed by atoms with Gasteiger partial charge in [0.15, 0.2) is 0 Å².